The Morgan fingerprint density at radius 1 is 1.17 bits per heavy atom. The maximum atomic E-state index is 12.5. The van der Waals surface area contributed by atoms with Crippen LogP contribution in [0.25, 0.3) is 0 Å². The van der Waals surface area contributed by atoms with E-state index in [2.05, 4.69) is 11.4 Å². The first kappa shape index (κ1) is 16.0. The highest BCUT2D eigenvalue weighted by Gasteiger charge is 2.38. The van der Waals surface area contributed by atoms with E-state index in [1.54, 1.807) is 0 Å². The molecule has 0 aromatic heterocycles. The minimum absolute atomic E-state index is 0.0575. The van der Waals surface area contributed by atoms with Crippen LogP contribution in [0.2, 0.25) is 0 Å². The molecule has 23 heavy (non-hydrogen) atoms. The molecular weight excluding hydrogens is 292 g/mol. The Hall–Kier alpha value is -1.88. The molecule has 5 nitrogen and oxygen atoms in total. The number of rotatable bonds is 3. The zero-order valence-corrected chi connectivity index (χ0v) is 13.8. The second kappa shape index (κ2) is 6.71. The fraction of sp³-hybridized carbons (Fsp3) is 0.556. The van der Waals surface area contributed by atoms with Crippen molar-refractivity contribution in [1.82, 2.24) is 4.90 Å². The predicted molar refractivity (Wildman–Crippen MR) is 88.2 cm³/mol. The number of carbonyl (C=O) groups excluding carboxylic acids is 2. The Morgan fingerprint density at radius 3 is 2.48 bits per heavy atom. The van der Waals surface area contributed by atoms with E-state index in [0.717, 1.165) is 29.7 Å². The topological polar surface area (TPSA) is 58.6 Å². The molecule has 1 aromatic rings. The number of hydrogen-bond acceptors (Lipinski definition) is 3. The van der Waals surface area contributed by atoms with Crippen LogP contribution in [0.3, 0.4) is 0 Å². The van der Waals surface area contributed by atoms with Crippen molar-refractivity contribution in [2.45, 2.75) is 39.2 Å². The van der Waals surface area contributed by atoms with Crippen LogP contribution >= 0.6 is 0 Å². The van der Waals surface area contributed by atoms with Gasteiger partial charge < -0.3 is 15.0 Å². The lowest BCUT2D eigenvalue weighted by molar-refractivity contribution is -0.131. The standard InChI is InChI=1S/C18H24N2O3/c1-12-7-13(2)9-15(8-12)19-18(22)14-10-17(21)20(11-14)16-3-5-23-6-4-16/h7-9,14,16H,3-6,10-11H2,1-2H3,(H,19,22). The number of nitrogens with one attached hydrogen (secondary N) is 1. The minimum Gasteiger partial charge on any atom is -0.381 e. The highest BCUT2D eigenvalue weighted by Crippen LogP contribution is 2.26. The van der Waals surface area contributed by atoms with Gasteiger partial charge in [-0.3, -0.25) is 9.59 Å². The third kappa shape index (κ3) is 3.72. The first-order valence-corrected chi connectivity index (χ1v) is 8.29. The van der Waals surface area contributed by atoms with Crippen LogP contribution in [-0.2, 0) is 14.3 Å². The Morgan fingerprint density at radius 2 is 1.83 bits per heavy atom. The van der Waals surface area contributed by atoms with Crippen molar-refractivity contribution in [2.24, 2.45) is 5.92 Å². The Bertz CT molecular complexity index is 588. The second-order valence-corrected chi connectivity index (χ2v) is 6.66. The maximum absolute atomic E-state index is 12.5. The molecule has 0 bridgehead atoms. The quantitative estimate of drug-likeness (QED) is 0.930. The Labute approximate surface area is 137 Å². The van der Waals surface area contributed by atoms with Gasteiger partial charge in [-0.15, -0.1) is 0 Å². The maximum Gasteiger partial charge on any atom is 0.229 e. The first-order valence-electron chi connectivity index (χ1n) is 8.29. The molecule has 2 fully saturated rings. The Balaban J connectivity index is 1.63. The lowest BCUT2D eigenvalue weighted by atomic mass is 10.1. The molecule has 0 radical (unpaired) electrons. The lowest BCUT2D eigenvalue weighted by Gasteiger charge is -2.31. The zero-order chi connectivity index (χ0) is 16.4. The molecular formula is C18H24N2O3. The molecule has 2 amide bonds. The molecule has 1 unspecified atom stereocenters. The first-order chi connectivity index (χ1) is 11.0. The van der Waals surface area contributed by atoms with Gasteiger partial charge in [0.25, 0.3) is 0 Å². The van der Waals surface area contributed by atoms with Crippen LogP contribution in [0.5, 0.6) is 0 Å². The van der Waals surface area contributed by atoms with Crippen molar-refractivity contribution in [2.75, 3.05) is 25.1 Å². The smallest absolute Gasteiger partial charge is 0.229 e. The van der Waals surface area contributed by atoms with Gasteiger partial charge in [-0.2, -0.15) is 0 Å². The van der Waals surface area contributed by atoms with Crippen LogP contribution in [0, 0.1) is 19.8 Å². The number of aryl methyl sites for hydroxylation is 2. The summed E-state index contributed by atoms with van der Waals surface area (Å²) in [4.78, 5) is 26.6. The monoisotopic (exact) mass is 316 g/mol. The number of ether oxygens (including phenoxy) is 1. The van der Waals surface area contributed by atoms with Crippen molar-refractivity contribution >= 4 is 17.5 Å². The largest absolute Gasteiger partial charge is 0.381 e. The van der Waals surface area contributed by atoms with Crippen LogP contribution in [0.4, 0.5) is 5.69 Å². The fourth-order valence-electron chi connectivity index (χ4n) is 3.55. The number of benzene rings is 1. The summed E-state index contributed by atoms with van der Waals surface area (Å²) in [6, 6.07) is 6.22. The molecule has 2 heterocycles. The molecule has 0 saturated carbocycles. The summed E-state index contributed by atoms with van der Waals surface area (Å²) in [7, 11) is 0. The number of hydrogen-bond donors (Lipinski definition) is 1. The summed E-state index contributed by atoms with van der Waals surface area (Å²) in [6.07, 6.45) is 2.06. The number of anilines is 1. The summed E-state index contributed by atoms with van der Waals surface area (Å²) in [5.41, 5.74) is 3.04. The van der Waals surface area contributed by atoms with E-state index < -0.39 is 0 Å². The van der Waals surface area contributed by atoms with Gasteiger partial charge in [-0.05, 0) is 49.9 Å². The van der Waals surface area contributed by atoms with Crippen LogP contribution in [-0.4, -0.2) is 42.5 Å². The van der Waals surface area contributed by atoms with Crippen LogP contribution < -0.4 is 5.32 Å². The van der Waals surface area contributed by atoms with Gasteiger partial charge in [0.2, 0.25) is 11.8 Å². The lowest BCUT2D eigenvalue weighted by Crippen LogP contribution is -2.41. The summed E-state index contributed by atoms with van der Waals surface area (Å²) in [6.45, 7) is 5.95. The van der Waals surface area contributed by atoms with Gasteiger partial charge in [0.1, 0.15) is 0 Å². The number of nitrogens with zero attached hydrogens (tertiary/aromatic N) is 1. The summed E-state index contributed by atoms with van der Waals surface area (Å²) in [5, 5.41) is 2.97. The number of likely N-dealkylation sites (tertiary alicyclic amines) is 1. The van der Waals surface area contributed by atoms with Gasteiger partial charge in [-0.25, -0.2) is 0 Å². The van der Waals surface area contributed by atoms with E-state index in [0.29, 0.717) is 26.2 Å². The van der Waals surface area contributed by atoms with Gasteiger partial charge in [0.15, 0.2) is 0 Å². The molecule has 0 aliphatic carbocycles. The Kier molecular flexibility index (Phi) is 4.66. The summed E-state index contributed by atoms with van der Waals surface area (Å²) >= 11 is 0. The average Bonchev–Trinajstić information content (AvgIpc) is 2.89. The number of carbonyl (C=O) groups is 2. The van der Waals surface area contributed by atoms with Gasteiger partial charge >= 0.3 is 0 Å². The molecule has 2 saturated heterocycles. The third-order valence-corrected chi connectivity index (χ3v) is 4.65. The summed E-state index contributed by atoms with van der Waals surface area (Å²) in [5.74, 6) is -0.221. The number of amides is 2. The van der Waals surface area contributed by atoms with Crippen molar-refractivity contribution in [3.8, 4) is 0 Å². The molecule has 0 spiro atoms. The molecule has 1 atom stereocenters. The van der Waals surface area contributed by atoms with E-state index in [4.69, 9.17) is 4.74 Å². The van der Waals surface area contributed by atoms with E-state index in [1.807, 2.05) is 30.9 Å². The highest BCUT2D eigenvalue weighted by atomic mass is 16.5. The van der Waals surface area contributed by atoms with Crippen molar-refractivity contribution < 1.29 is 14.3 Å². The fourth-order valence-corrected chi connectivity index (χ4v) is 3.55. The second-order valence-electron chi connectivity index (χ2n) is 6.66. The predicted octanol–water partition coefficient (Wildman–Crippen LogP) is 2.27. The molecule has 1 aromatic carbocycles. The van der Waals surface area contributed by atoms with Crippen molar-refractivity contribution in [3.05, 3.63) is 29.3 Å². The highest BCUT2D eigenvalue weighted by molar-refractivity contribution is 5.97. The zero-order valence-electron chi connectivity index (χ0n) is 13.8. The van der Waals surface area contributed by atoms with E-state index >= 15 is 0 Å². The van der Waals surface area contributed by atoms with E-state index in [-0.39, 0.29) is 23.8 Å². The van der Waals surface area contributed by atoms with Crippen LogP contribution in [0.1, 0.15) is 30.4 Å². The molecule has 1 N–H and O–H groups in total. The SMILES string of the molecule is Cc1cc(C)cc(NC(=O)C2CC(=O)N(C3CCOCC3)C2)c1. The normalized spacial score (nSPS) is 22.4. The average molecular weight is 316 g/mol. The third-order valence-electron chi connectivity index (χ3n) is 4.65. The van der Waals surface area contributed by atoms with Gasteiger partial charge in [-0.1, -0.05) is 6.07 Å². The van der Waals surface area contributed by atoms with Gasteiger partial charge in [0.05, 0.1) is 5.92 Å². The van der Waals surface area contributed by atoms with E-state index in [1.165, 1.54) is 0 Å². The van der Waals surface area contributed by atoms with Crippen molar-refractivity contribution in [3.63, 3.8) is 0 Å². The molecule has 5 heteroatoms. The van der Waals surface area contributed by atoms with Gasteiger partial charge in [0, 0.05) is 37.9 Å². The molecule has 124 valence electrons. The van der Waals surface area contributed by atoms with Crippen molar-refractivity contribution in [1.29, 1.82) is 0 Å². The summed E-state index contributed by atoms with van der Waals surface area (Å²) < 4.78 is 5.35. The molecule has 2 aliphatic heterocycles. The van der Waals surface area contributed by atoms with E-state index in [9.17, 15) is 9.59 Å². The van der Waals surface area contributed by atoms with Crippen LogP contribution in [0.15, 0.2) is 18.2 Å². The molecule has 3 rings (SSSR count). The minimum atomic E-state index is -0.258. The molecule has 2 aliphatic rings.